The van der Waals surface area contributed by atoms with E-state index in [0.717, 1.165) is 5.82 Å². The van der Waals surface area contributed by atoms with E-state index >= 15 is 0 Å². The Balaban J connectivity index is 2.50. The first kappa shape index (κ1) is 10.1. The summed E-state index contributed by atoms with van der Waals surface area (Å²) >= 11 is 0. The number of hydroxylamine groups is 1. The molecule has 5 nitrogen and oxygen atoms in total. The van der Waals surface area contributed by atoms with Gasteiger partial charge in [0.2, 0.25) is 0 Å². The van der Waals surface area contributed by atoms with Crippen LogP contribution in [0.5, 0.6) is 0 Å². The van der Waals surface area contributed by atoms with Crippen molar-refractivity contribution < 1.29 is 4.84 Å². The third-order valence-electron chi connectivity index (χ3n) is 1.61. The van der Waals surface area contributed by atoms with Gasteiger partial charge in [0.25, 0.3) is 0 Å². The van der Waals surface area contributed by atoms with Gasteiger partial charge in [-0.3, -0.25) is 0 Å². The lowest BCUT2D eigenvalue weighted by molar-refractivity contribution is 0.0438. The Kier molecular flexibility index (Phi) is 3.85. The van der Waals surface area contributed by atoms with Crippen LogP contribution < -0.4 is 5.48 Å². The number of rotatable bonds is 5. The van der Waals surface area contributed by atoms with Gasteiger partial charge in [0, 0.05) is 6.04 Å². The molecule has 0 aliphatic heterocycles. The van der Waals surface area contributed by atoms with E-state index in [9.17, 15) is 0 Å². The van der Waals surface area contributed by atoms with Gasteiger partial charge in [-0.2, -0.15) is 10.6 Å². The normalized spacial score (nSPS) is 11.1. The van der Waals surface area contributed by atoms with Crippen LogP contribution in [0.1, 0.15) is 32.6 Å². The number of hydrogen-bond donors (Lipinski definition) is 1. The Labute approximate surface area is 78.1 Å². The Bertz CT molecular complexity index is 246. The highest BCUT2D eigenvalue weighted by molar-refractivity contribution is 4.84. The smallest absolute Gasteiger partial charge is 0.143 e. The quantitative estimate of drug-likeness (QED) is 0.545. The summed E-state index contributed by atoms with van der Waals surface area (Å²) in [7, 11) is 0. The monoisotopic (exact) mass is 184 g/mol. The molecule has 13 heavy (non-hydrogen) atoms. The molecule has 5 heteroatoms. The van der Waals surface area contributed by atoms with E-state index < -0.39 is 0 Å². The minimum absolute atomic E-state index is 0.334. The van der Waals surface area contributed by atoms with Gasteiger partial charge in [-0.25, -0.2) is 9.67 Å². The Morgan fingerprint density at radius 3 is 3.00 bits per heavy atom. The van der Waals surface area contributed by atoms with Crippen molar-refractivity contribution >= 4 is 0 Å². The van der Waals surface area contributed by atoms with E-state index in [-0.39, 0.29) is 0 Å². The Hall–Kier alpha value is -0.940. The van der Waals surface area contributed by atoms with Crippen molar-refractivity contribution in [1.82, 2.24) is 20.2 Å². The lowest BCUT2D eigenvalue weighted by atomic mass is 10.4. The van der Waals surface area contributed by atoms with Gasteiger partial charge >= 0.3 is 0 Å². The van der Waals surface area contributed by atoms with E-state index in [0.29, 0.717) is 19.2 Å². The molecule has 0 atom stereocenters. The zero-order valence-corrected chi connectivity index (χ0v) is 8.32. The van der Waals surface area contributed by atoms with E-state index in [1.165, 1.54) is 0 Å². The minimum Gasteiger partial charge on any atom is -0.302 e. The minimum atomic E-state index is 0.334. The second-order valence-corrected chi connectivity index (χ2v) is 2.97. The predicted octanol–water partition coefficient (Wildman–Crippen LogP) is 0.900. The zero-order valence-electron chi connectivity index (χ0n) is 8.32. The lowest BCUT2D eigenvalue weighted by Crippen LogP contribution is -2.18. The molecular weight excluding hydrogens is 168 g/mol. The molecule has 0 aliphatic rings. The molecule has 0 saturated carbocycles. The molecule has 0 amide bonds. The summed E-state index contributed by atoms with van der Waals surface area (Å²) in [6.45, 7) is 7.31. The second-order valence-electron chi connectivity index (χ2n) is 2.97. The number of nitrogens with zero attached hydrogens (tertiary/aromatic N) is 3. The standard InChI is InChI=1S/C8H16N4O/c1-4-13-11-5-8-9-6-10-12(8)7(2)3/h6-7,11H,4-5H2,1-3H3. The number of nitrogens with one attached hydrogen (secondary N) is 1. The highest BCUT2D eigenvalue weighted by Gasteiger charge is 2.06. The fourth-order valence-corrected chi connectivity index (χ4v) is 1.05. The Morgan fingerprint density at radius 1 is 1.62 bits per heavy atom. The van der Waals surface area contributed by atoms with Gasteiger partial charge in [0.05, 0.1) is 13.2 Å². The van der Waals surface area contributed by atoms with Crippen LogP contribution in [0, 0.1) is 0 Å². The predicted molar refractivity (Wildman–Crippen MR) is 48.9 cm³/mol. The van der Waals surface area contributed by atoms with Gasteiger partial charge in [-0.05, 0) is 20.8 Å². The van der Waals surface area contributed by atoms with Gasteiger partial charge < -0.3 is 4.84 Å². The largest absolute Gasteiger partial charge is 0.302 e. The summed E-state index contributed by atoms with van der Waals surface area (Å²) in [5.41, 5.74) is 2.81. The summed E-state index contributed by atoms with van der Waals surface area (Å²) < 4.78 is 1.87. The Morgan fingerprint density at radius 2 is 2.38 bits per heavy atom. The van der Waals surface area contributed by atoms with Crippen LogP contribution in [-0.2, 0) is 11.4 Å². The zero-order chi connectivity index (χ0) is 9.68. The molecule has 0 spiro atoms. The second kappa shape index (κ2) is 4.94. The summed E-state index contributed by atoms with van der Waals surface area (Å²) in [6.07, 6.45) is 1.56. The van der Waals surface area contributed by atoms with Crippen LogP contribution in [0.3, 0.4) is 0 Å². The molecule has 0 fully saturated rings. The first-order valence-corrected chi connectivity index (χ1v) is 4.48. The topological polar surface area (TPSA) is 52.0 Å². The van der Waals surface area contributed by atoms with Gasteiger partial charge in [0.15, 0.2) is 0 Å². The van der Waals surface area contributed by atoms with Crippen molar-refractivity contribution in [2.75, 3.05) is 6.61 Å². The molecule has 1 aromatic rings. The molecule has 1 aromatic heterocycles. The van der Waals surface area contributed by atoms with Gasteiger partial charge in [0.1, 0.15) is 12.2 Å². The van der Waals surface area contributed by atoms with Crippen molar-refractivity contribution in [3.8, 4) is 0 Å². The van der Waals surface area contributed by atoms with E-state index in [4.69, 9.17) is 4.84 Å². The van der Waals surface area contributed by atoms with Crippen molar-refractivity contribution in [2.45, 2.75) is 33.4 Å². The third-order valence-corrected chi connectivity index (χ3v) is 1.61. The molecule has 1 N–H and O–H groups in total. The molecular formula is C8H16N4O. The van der Waals surface area contributed by atoms with Crippen LogP contribution in [0.2, 0.25) is 0 Å². The first-order valence-electron chi connectivity index (χ1n) is 4.48. The van der Waals surface area contributed by atoms with Crippen molar-refractivity contribution in [1.29, 1.82) is 0 Å². The molecule has 74 valence electrons. The molecule has 0 aliphatic carbocycles. The summed E-state index contributed by atoms with van der Waals surface area (Å²) in [4.78, 5) is 9.13. The average molecular weight is 184 g/mol. The maximum atomic E-state index is 5.01. The number of hydrogen-bond acceptors (Lipinski definition) is 4. The first-order chi connectivity index (χ1) is 6.25. The van der Waals surface area contributed by atoms with Crippen LogP contribution in [0.4, 0.5) is 0 Å². The molecule has 0 unspecified atom stereocenters. The van der Waals surface area contributed by atoms with Crippen LogP contribution >= 0.6 is 0 Å². The maximum absolute atomic E-state index is 5.01. The fourth-order valence-electron chi connectivity index (χ4n) is 1.05. The molecule has 1 heterocycles. The van der Waals surface area contributed by atoms with Crippen molar-refractivity contribution in [3.05, 3.63) is 12.2 Å². The highest BCUT2D eigenvalue weighted by atomic mass is 16.6. The van der Waals surface area contributed by atoms with Gasteiger partial charge in [-0.15, -0.1) is 0 Å². The average Bonchev–Trinajstić information content (AvgIpc) is 2.53. The van der Waals surface area contributed by atoms with E-state index in [1.807, 2.05) is 11.6 Å². The molecule has 0 radical (unpaired) electrons. The van der Waals surface area contributed by atoms with Crippen molar-refractivity contribution in [2.24, 2.45) is 0 Å². The molecule has 0 aromatic carbocycles. The maximum Gasteiger partial charge on any atom is 0.143 e. The van der Waals surface area contributed by atoms with Gasteiger partial charge in [-0.1, -0.05) is 0 Å². The van der Waals surface area contributed by atoms with Crippen molar-refractivity contribution in [3.63, 3.8) is 0 Å². The summed E-state index contributed by atoms with van der Waals surface area (Å²) in [6, 6.07) is 0.334. The lowest BCUT2D eigenvalue weighted by Gasteiger charge is -2.09. The molecule has 0 saturated heterocycles. The van der Waals surface area contributed by atoms with Crippen LogP contribution in [0.25, 0.3) is 0 Å². The molecule has 1 rings (SSSR count). The molecule has 0 bridgehead atoms. The van der Waals surface area contributed by atoms with E-state index in [1.54, 1.807) is 6.33 Å². The fraction of sp³-hybridized carbons (Fsp3) is 0.750. The van der Waals surface area contributed by atoms with E-state index in [2.05, 4.69) is 29.4 Å². The highest BCUT2D eigenvalue weighted by Crippen LogP contribution is 2.04. The summed E-state index contributed by atoms with van der Waals surface area (Å²) in [5, 5.41) is 4.10. The number of aromatic nitrogens is 3. The summed E-state index contributed by atoms with van der Waals surface area (Å²) in [5.74, 6) is 0.892. The van der Waals surface area contributed by atoms with Crippen LogP contribution in [-0.4, -0.2) is 21.4 Å². The SMILES string of the molecule is CCONCc1ncnn1C(C)C. The third kappa shape index (κ3) is 2.78. The van der Waals surface area contributed by atoms with Crippen LogP contribution in [0.15, 0.2) is 6.33 Å².